The molecule has 1 fully saturated rings. The summed E-state index contributed by atoms with van der Waals surface area (Å²) < 4.78 is 54.7. The van der Waals surface area contributed by atoms with Gasteiger partial charge in [0.25, 0.3) is 0 Å². The van der Waals surface area contributed by atoms with Gasteiger partial charge in [0.15, 0.2) is 9.84 Å². The van der Waals surface area contributed by atoms with Crippen LogP contribution in [0.4, 0.5) is 5.69 Å². The standard InChI is InChI=1S/C15H22N2O6S2/c1-11(15(18)16-13-6-7-24(19,20)10-13)9-25(21,22)17-12-4-3-5-14(8-12)23-2/h3-5,8,11,13,17H,6-7,9-10H2,1-2H3,(H,16,18). The average Bonchev–Trinajstić information content (AvgIpc) is 2.85. The average molecular weight is 390 g/mol. The number of methoxy groups -OCH3 is 1. The number of sulfonamides is 1. The smallest absolute Gasteiger partial charge is 0.233 e. The Hall–Kier alpha value is -1.81. The summed E-state index contributed by atoms with van der Waals surface area (Å²) in [5, 5.41) is 2.61. The van der Waals surface area contributed by atoms with Gasteiger partial charge in [0.1, 0.15) is 5.75 Å². The van der Waals surface area contributed by atoms with E-state index in [9.17, 15) is 21.6 Å². The minimum Gasteiger partial charge on any atom is -0.497 e. The van der Waals surface area contributed by atoms with E-state index in [0.29, 0.717) is 17.9 Å². The third-order valence-electron chi connectivity index (χ3n) is 3.84. The van der Waals surface area contributed by atoms with Crippen molar-refractivity contribution in [3.63, 3.8) is 0 Å². The molecule has 2 atom stereocenters. The Morgan fingerprint density at radius 3 is 2.72 bits per heavy atom. The van der Waals surface area contributed by atoms with E-state index in [1.54, 1.807) is 18.2 Å². The van der Waals surface area contributed by atoms with Crippen molar-refractivity contribution in [1.29, 1.82) is 0 Å². The molecule has 0 aromatic heterocycles. The Labute approximate surface area is 147 Å². The first-order valence-electron chi connectivity index (χ1n) is 7.75. The Morgan fingerprint density at radius 2 is 2.12 bits per heavy atom. The van der Waals surface area contributed by atoms with Crippen LogP contribution in [0, 0.1) is 5.92 Å². The van der Waals surface area contributed by atoms with Crippen molar-refractivity contribution in [1.82, 2.24) is 5.32 Å². The molecule has 140 valence electrons. The molecule has 1 amide bonds. The largest absolute Gasteiger partial charge is 0.497 e. The third kappa shape index (κ3) is 5.89. The van der Waals surface area contributed by atoms with E-state index in [2.05, 4.69) is 10.0 Å². The molecule has 25 heavy (non-hydrogen) atoms. The third-order valence-corrected chi connectivity index (χ3v) is 7.09. The van der Waals surface area contributed by atoms with E-state index in [4.69, 9.17) is 4.74 Å². The zero-order valence-electron chi connectivity index (χ0n) is 14.1. The van der Waals surface area contributed by atoms with Gasteiger partial charge in [-0.25, -0.2) is 16.8 Å². The molecule has 2 unspecified atom stereocenters. The van der Waals surface area contributed by atoms with Gasteiger partial charge in [0, 0.05) is 12.1 Å². The lowest BCUT2D eigenvalue weighted by Gasteiger charge is -2.16. The number of nitrogens with one attached hydrogen (secondary N) is 2. The Morgan fingerprint density at radius 1 is 1.40 bits per heavy atom. The molecule has 2 N–H and O–H groups in total. The fourth-order valence-corrected chi connectivity index (χ4v) is 5.62. The summed E-state index contributed by atoms with van der Waals surface area (Å²) in [4.78, 5) is 12.1. The fourth-order valence-electron chi connectivity index (χ4n) is 2.56. The number of carbonyl (C=O) groups excluding carboxylic acids is 1. The minimum atomic E-state index is -3.74. The molecule has 0 aliphatic carbocycles. The highest BCUT2D eigenvalue weighted by Gasteiger charge is 2.31. The maximum absolute atomic E-state index is 12.2. The molecule has 1 saturated heterocycles. The van der Waals surface area contributed by atoms with Crippen molar-refractivity contribution in [2.45, 2.75) is 19.4 Å². The molecule has 1 aliphatic rings. The van der Waals surface area contributed by atoms with E-state index in [1.165, 1.54) is 20.1 Å². The quantitative estimate of drug-likeness (QED) is 0.695. The first kappa shape index (κ1) is 19.5. The first-order chi connectivity index (χ1) is 11.6. The summed E-state index contributed by atoms with van der Waals surface area (Å²) >= 11 is 0. The van der Waals surface area contributed by atoms with Gasteiger partial charge in [-0.1, -0.05) is 13.0 Å². The topological polar surface area (TPSA) is 119 Å². The molecule has 8 nitrogen and oxygen atoms in total. The summed E-state index contributed by atoms with van der Waals surface area (Å²) in [7, 11) is -5.38. The Bertz CT molecular complexity index is 835. The summed E-state index contributed by atoms with van der Waals surface area (Å²) in [5.74, 6) is -1.24. The molecule has 0 saturated carbocycles. The molecule has 0 bridgehead atoms. The van der Waals surface area contributed by atoms with Gasteiger partial charge in [0.2, 0.25) is 15.9 Å². The number of hydrogen-bond donors (Lipinski definition) is 2. The SMILES string of the molecule is COc1cccc(NS(=O)(=O)CC(C)C(=O)NC2CCS(=O)(=O)C2)c1. The van der Waals surface area contributed by atoms with Crippen molar-refractivity contribution in [2.24, 2.45) is 5.92 Å². The van der Waals surface area contributed by atoms with Crippen molar-refractivity contribution in [2.75, 3.05) is 29.1 Å². The maximum Gasteiger partial charge on any atom is 0.233 e. The number of amides is 1. The highest BCUT2D eigenvalue weighted by atomic mass is 32.2. The summed E-state index contributed by atoms with van der Waals surface area (Å²) in [6, 6.07) is 5.99. The van der Waals surface area contributed by atoms with Crippen molar-refractivity contribution >= 4 is 31.5 Å². The van der Waals surface area contributed by atoms with Gasteiger partial charge < -0.3 is 10.1 Å². The van der Waals surface area contributed by atoms with Crippen LogP contribution in [-0.2, 0) is 24.7 Å². The number of ether oxygens (including phenoxy) is 1. The Kier molecular flexibility index (Phi) is 5.94. The van der Waals surface area contributed by atoms with Crippen molar-refractivity contribution in [3.8, 4) is 5.75 Å². The number of anilines is 1. The first-order valence-corrected chi connectivity index (χ1v) is 11.2. The fraction of sp³-hybridized carbons (Fsp3) is 0.533. The van der Waals surface area contributed by atoms with Gasteiger partial charge in [-0.05, 0) is 18.6 Å². The van der Waals surface area contributed by atoms with Crippen LogP contribution in [0.15, 0.2) is 24.3 Å². The second kappa shape index (κ2) is 7.61. The van der Waals surface area contributed by atoms with Crippen LogP contribution >= 0.6 is 0 Å². The second-order valence-electron chi connectivity index (χ2n) is 6.13. The number of rotatable bonds is 7. The molecule has 1 heterocycles. The number of benzene rings is 1. The van der Waals surface area contributed by atoms with Crippen LogP contribution in [0.5, 0.6) is 5.75 Å². The second-order valence-corrected chi connectivity index (χ2v) is 10.1. The number of hydrogen-bond acceptors (Lipinski definition) is 6. The Balaban J connectivity index is 1.93. The van der Waals surface area contributed by atoms with E-state index in [1.807, 2.05) is 0 Å². The predicted molar refractivity (Wildman–Crippen MR) is 94.8 cm³/mol. The molecule has 1 aromatic rings. The minimum absolute atomic E-state index is 0.0437. The molecular formula is C15H22N2O6S2. The summed E-state index contributed by atoms with van der Waals surface area (Å²) in [6.45, 7) is 1.49. The van der Waals surface area contributed by atoms with Gasteiger partial charge >= 0.3 is 0 Å². The van der Waals surface area contributed by atoms with E-state index < -0.39 is 43.5 Å². The lowest BCUT2D eigenvalue weighted by molar-refractivity contribution is -0.124. The van der Waals surface area contributed by atoms with Gasteiger partial charge in [-0.3, -0.25) is 9.52 Å². The highest BCUT2D eigenvalue weighted by Crippen LogP contribution is 2.19. The molecular weight excluding hydrogens is 368 g/mol. The zero-order chi connectivity index (χ0) is 18.7. The normalized spacial score (nSPS) is 20.6. The van der Waals surface area contributed by atoms with Gasteiger partial charge in [-0.2, -0.15) is 0 Å². The van der Waals surface area contributed by atoms with Crippen LogP contribution in [0.1, 0.15) is 13.3 Å². The molecule has 2 rings (SSSR count). The van der Waals surface area contributed by atoms with E-state index in [0.717, 1.165) is 0 Å². The van der Waals surface area contributed by atoms with Gasteiger partial charge in [0.05, 0.1) is 36.0 Å². The van der Waals surface area contributed by atoms with E-state index in [-0.39, 0.29) is 11.5 Å². The van der Waals surface area contributed by atoms with Crippen LogP contribution in [0.25, 0.3) is 0 Å². The summed E-state index contributed by atoms with van der Waals surface area (Å²) in [6.07, 6.45) is 0.357. The molecule has 0 spiro atoms. The molecule has 1 aromatic carbocycles. The highest BCUT2D eigenvalue weighted by molar-refractivity contribution is 7.92. The van der Waals surface area contributed by atoms with Crippen molar-refractivity contribution in [3.05, 3.63) is 24.3 Å². The lowest BCUT2D eigenvalue weighted by Crippen LogP contribution is -2.41. The zero-order valence-corrected chi connectivity index (χ0v) is 15.7. The predicted octanol–water partition coefficient (Wildman–Crippen LogP) is 0.376. The van der Waals surface area contributed by atoms with E-state index >= 15 is 0 Å². The monoisotopic (exact) mass is 390 g/mol. The number of sulfone groups is 1. The number of carbonyl (C=O) groups is 1. The van der Waals surface area contributed by atoms with Crippen LogP contribution < -0.4 is 14.8 Å². The molecule has 10 heteroatoms. The van der Waals surface area contributed by atoms with Gasteiger partial charge in [-0.15, -0.1) is 0 Å². The molecule has 1 aliphatic heterocycles. The lowest BCUT2D eigenvalue weighted by atomic mass is 10.2. The maximum atomic E-state index is 12.2. The summed E-state index contributed by atoms with van der Waals surface area (Å²) in [5.41, 5.74) is 0.342. The van der Waals surface area contributed by atoms with Crippen molar-refractivity contribution < 1.29 is 26.4 Å². The van der Waals surface area contributed by atoms with Crippen LogP contribution in [0.3, 0.4) is 0 Å². The van der Waals surface area contributed by atoms with Crippen LogP contribution in [-0.4, -0.2) is 53.2 Å². The van der Waals surface area contributed by atoms with Crippen LogP contribution in [0.2, 0.25) is 0 Å². The molecule has 0 radical (unpaired) electrons.